The van der Waals surface area contributed by atoms with Gasteiger partial charge in [0.1, 0.15) is 4.88 Å². The topological polar surface area (TPSA) is 40.5 Å². The molecule has 1 unspecified atom stereocenters. The molecule has 0 radical (unpaired) electrons. The predicted octanol–water partition coefficient (Wildman–Crippen LogP) is 3.54. The maximum atomic E-state index is 11.5. The van der Waals surface area contributed by atoms with Gasteiger partial charge in [-0.2, -0.15) is 11.8 Å². The van der Waals surface area contributed by atoms with Crippen molar-refractivity contribution in [3.8, 4) is 0 Å². The third-order valence-corrected chi connectivity index (χ3v) is 6.15. The molecule has 3 rings (SSSR count). The Hall–Kier alpha value is -1.04. The summed E-state index contributed by atoms with van der Waals surface area (Å²) in [7, 11) is 0. The van der Waals surface area contributed by atoms with Gasteiger partial charge in [0.15, 0.2) is 0 Å². The molecule has 3 nitrogen and oxygen atoms in total. The fourth-order valence-corrected chi connectivity index (χ4v) is 4.76. The molecule has 0 amide bonds. The molecule has 1 aliphatic heterocycles. The molecule has 2 heterocycles. The van der Waals surface area contributed by atoms with Crippen LogP contribution in [-0.4, -0.2) is 40.1 Å². The van der Waals surface area contributed by atoms with Crippen LogP contribution < -0.4 is 0 Å². The molecule has 0 aliphatic carbocycles. The summed E-state index contributed by atoms with van der Waals surface area (Å²) in [5.41, 5.74) is 0.983. The Morgan fingerprint density at radius 1 is 1.45 bits per heavy atom. The maximum Gasteiger partial charge on any atom is 0.346 e. The first-order chi connectivity index (χ1) is 9.66. The number of carbonyl (C=O) groups is 1. The highest BCUT2D eigenvalue weighted by Crippen LogP contribution is 2.33. The van der Waals surface area contributed by atoms with Gasteiger partial charge >= 0.3 is 5.97 Å². The Morgan fingerprint density at radius 3 is 3.00 bits per heavy atom. The van der Waals surface area contributed by atoms with E-state index in [9.17, 15) is 9.90 Å². The van der Waals surface area contributed by atoms with E-state index in [1.807, 2.05) is 36.0 Å². The molecular weight excluding hydrogens is 290 g/mol. The van der Waals surface area contributed by atoms with Gasteiger partial charge in [-0.25, -0.2) is 4.79 Å². The van der Waals surface area contributed by atoms with Crippen LogP contribution in [0.2, 0.25) is 0 Å². The maximum absolute atomic E-state index is 11.5. The second-order valence-electron chi connectivity index (χ2n) is 5.11. The van der Waals surface area contributed by atoms with Gasteiger partial charge in [0.25, 0.3) is 0 Å². The van der Waals surface area contributed by atoms with Crippen molar-refractivity contribution in [3.63, 3.8) is 0 Å². The summed E-state index contributed by atoms with van der Waals surface area (Å²) in [6.45, 7) is 4.00. The van der Waals surface area contributed by atoms with Crippen molar-refractivity contribution < 1.29 is 9.90 Å². The van der Waals surface area contributed by atoms with Gasteiger partial charge in [-0.05, 0) is 23.9 Å². The van der Waals surface area contributed by atoms with E-state index in [1.165, 1.54) is 11.3 Å². The van der Waals surface area contributed by atoms with Gasteiger partial charge in [0, 0.05) is 35.3 Å². The molecule has 1 N–H and O–H groups in total. The molecule has 1 saturated heterocycles. The second kappa shape index (κ2) is 5.76. The quantitative estimate of drug-likeness (QED) is 0.941. The van der Waals surface area contributed by atoms with Crippen LogP contribution in [0.3, 0.4) is 0 Å². The lowest BCUT2D eigenvalue weighted by Crippen LogP contribution is -2.39. The number of benzene rings is 1. The van der Waals surface area contributed by atoms with Crippen molar-refractivity contribution in [1.82, 2.24) is 4.90 Å². The number of nitrogens with zero attached hydrogens (tertiary/aromatic N) is 1. The van der Waals surface area contributed by atoms with E-state index in [1.54, 1.807) is 0 Å². The lowest BCUT2D eigenvalue weighted by atomic mass is 10.1. The largest absolute Gasteiger partial charge is 0.477 e. The van der Waals surface area contributed by atoms with Crippen LogP contribution in [0.25, 0.3) is 10.1 Å². The molecule has 1 aromatic heterocycles. The molecule has 20 heavy (non-hydrogen) atoms. The van der Waals surface area contributed by atoms with Gasteiger partial charge in [0.05, 0.1) is 0 Å². The molecule has 1 atom stereocenters. The van der Waals surface area contributed by atoms with Crippen LogP contribution in [0.4, 0.5) is 0 Å². The van der Waals surface area contributed by atoms with Crippen LogP contribution in [0, 0.1) is 0 Å². The molecule has 0 saturated carbocycles. The predicted molar refractivity (Wildman–Crippen MR) is 86.0 cm³/mol. The molecule has 0 spiro atoms. The first-order valence-electron chi connectivity index (χ1n) is 6.72. The highest BCUT2D eigenvalue weighted by atomic mass is 32.2. The van der Waals surface area contributed by atoms with Gasteiger partial charge < -0.3 is 5.11 Å². The van der Waals surface area contributed by atoms with Crippen LogP contribution in [0.15, 0.2) is 24.3 Å². The zero-order valence-corrected chi connectivity index (χ0v) is 13.0. The summed E-state index contributed by atoms with van der Waals surface area (Å²) < 4.78 is 1.07. The molecule has 106 valence electrons. The second-order valence-corrected chi connectivity index (χ2v) is 7.31. The Morgan fingerprint density at radius 2 is 2.25 bits per heavy atom. The van der Waals surface area contributed by atoms with Crippen LogP contribution in [0.5, 0.6) is 0 Å². The van der Waals surface area contributed by atoms with Crippen molar-refractivity contribution in [2.45, 2.75) is 19.5 Å². The Labute approximate surface area is 126 Å². The number of thioether (sulfide) groups is 1. The average molecular weight is 307 g/mol. The number of carboxylic acids is 1. The number of aromatic carboxylic acids is 1. The number of carboxylic acid groups (broad SMARTS) is 1. The minimum Gasteiger partial charge on any atom is -0.477 e. The zero-order valence-electron chi connectivity index (χ0n) is 11.3. The van der Waals surface area contributed by atoms with E-state index in [0.29, 0.717) is 10.9 Å². The van der Waals surface area contributed by atoms with Crippen molar-refractivity contribution in [2.24, 2.45) is 0 Å². The Kier molecular flexibility index (Phi) is 4.01. The number of hydrogen-bond acceptors (Lipinski definition) is 4. The van der Waals surface area contributed by atoms with Crippen molar-refractivity contribution in [3.05, 3.63) is 34.7 Å². The molecule has 0 bridgehead atoms. The summed E-state index contributed by atoms with van der Waals surface area (Å²) in [5, 5.41) is 10.5. The Balaban J connectivity index is 2.00. The van der Waals surface area contributed by atoms with Gasteiger partial charge in [-0.15, -0.1) is 11.3 Å². The lowest BCUT2D eigenvalue weighted by molar-refractivity contribution is 0.0699. The van der Waals surface area contributed by atoms with E-state index in [2.05, 4.69) is 11.8 Å². The van der Waals surface area contributed by atoms with E-state index < -0.39 is 5.97 Å². The van der Waals surface area contributed by atoms with Gasteiger partial charge in [-0.3, -0.25) is 4.90 Å². The summed E-state index contributed by atoms with van der Waals surface area (Å²) in [6, 6.07) is 8.50. The lowest BCUT2D eigenvalue weighted by Gasteiger charge is -2.33. The van der Waals surface area contributed by atoms with Crippen LogP contribution in [-0.2, 0) is 6.54 Å². The molecule has 2 aromatic rings. The molecule has 1 aromatic carbocycles. The van der Waals surface area contributed by atoms with Gasteiger partial charge in [0.2, 0.25) is 0 Å². The zero-order chi connectivity index (χ0) is 14.1. The van der Waals surface area contributed by atoms with E-state index in [-0.39, 0.29) is 0 Å². The minimum atomic E-state index is -0.805. The Bertz CT molecular complexity index is 638. The van der Waals surface area contributed by atoms with Crippen molar-refractivity contribution in [2.75, 3.05) is 18.1 Å². The third kappa shape index (κ3) is 2.57. The molecule has 1 fully saturated rings. The SMILES string of the molecule is CC1CSCCN1Cc1c(C(=O)O)sc2ccccc12. The van der Waals surface area contributed by atoms with E-state index >= 15 is 0 Å². The summed E-state index contributed by atoms with van der Waals surface area (Å²) in [4.78, 5) is 14.4. The summed E-state index contributed by atoms with van der Waals surface area (Å²) in [5.74, 6) is 1.46. The number of hydrogen-bond donors (Lipinski definition) is 1. The number of thiophene rings is 1. The smallest absolute Gasteiger partial charge is 0.346 e. The highest BCUT2D eigenvalue weighted by Gasteiger charge is 2.24. The minimum absolute atomic E-state index is 0.497. The first kappa shape index (κ1) is 13.9. The molecule has 5 heteroatoms. The normalized spacial score (nSPS) is 20.4. The standard InChI is InChI=1S/C15H17NO2S2/c1-10-9-19-7-6-16(10)8-12-11-4-2-3-5-13(11)20-14(12)15(17)18/h2-5,10H,6-9H2,1H3,(H,17,18). The van der Waals surface area contributed by atoms with E-state index in [0.717, 1.165) is 40.2 Å². The molecular formula is C15H17NO2S2. The fraction of sp³-hybridized carbons (Fsp3) is 0.400. The average Bonchev–Trinajstić information content (AvgIpc) is 2.81. The van der Waals surface area contributed by atoms with Crippen molar-refractivity contribution in [1.29, 1.82) is 0 Å². The number of rotatable bonds is 3. The monoisotopic (exact) mass is 307 g/mol. The van der Waals surface area contributed by atoms with Crippen LogP contribution in [0.1, 0.15) is 22.2 Å². The van der Waals surface area contributed by atoms with Crippen molar-refractivity contribution >= 4 is 39.2 Å². The summed E-state index contributed by atoms with van der Waals surface area (Å²) >= 11 is 3.37. The molecule has 1 aliphatic rings. The fourth-order valence-electron chi connectivity index (χ4n) is 2.63. The van der Waals surface area contributed by atoms with Gasteiger partial charge in [-0.1, -0.05) is 18.2 Å². The third-order valence-electron chi connectivity index (χ3n) is 3.76. The summed E-state index contributed by atoms with van der Waals surface area (Å²) in [6.07, 6.45) is 0. The number of fused-ring (bicyclic) bond motifs is 1. The first-order valence-corrected chi connectivity index (χ1v) is 8.69. The van der Waals surface area contributed by atoms with Crippen LogP contribution >= 0.6 is 23.1 Å². The highest BCUT2D eigenvalue weighted by molar-refractivity contribution is 7.99. The van der Waals surface area contributed by atoms with E-state index in [4.69, 9.17) is 0 Å².